The van der Waals surface area contributed by atoms with Crippen molar-refractivity contribution in [2.75, 3.05) is 0 Å². The highest BCUT2D eigenvalue weighted by atomic mass is 16.5. The fourth-order valence-electron chi connectivity index (χ4n) is 0.889. The van der Waals surface area contributed by atoms with Gasteiger partial charge in [-0.3, -0.25) is 4.79 Å². The van der Waals surface area contributed by atoms with Crippen molar-refractivity contribution in [3.05, 3.63) is 5.21 Å². The van der Waals surface area contributed by atoms with Gasteiger partial charge < -0.3 is 10.7 Å². The number of nitrogens with one attached hydrogen (secondary N) is 1. The molecule has 0 aliphatic rings. The molecule has 0 bridgehead atoms. The van der Waals surface area contributed by atoms with Crippen molar-refractivity contribution in [2.45, 2.75) is 39.5 Å². The van der Waals surface area contributed by atoms with Gasteiger partial charge in [0.2, 0.25) is 5.91 Å². The molecule has 0 fully saturated rings. The summed E-state index contributed by atoms with van der Waals surface area (Å²) in [4.78, 5) is 10.4. The zero-order valence-corrected chi connectivity index (χ0v) is 7.22. The molecule has 0 radical (unpaired) electrons. The Balaban J connectivity index is 3.08. The van der Waals surface area contributed by atoms with Crippen LogP contribution in [0.4, 0.5) is 0 Å². The quantitative estimate of drug-likeness (QED) is 0.490. The Morgan fingerprint density at radius 3 is 2.55 bits per heavy atom. The van der Waals surface area contributed by atoms with Crippen LogP contribution in [-0.2, 0) is 4.79 Å². The third kappa shape index (κ3) is 7.33. The van der Waals surface area contributed by atoms with Gasteiger partial charge in [0.05, 0.1) is 0 Å². The van der Waals surface area contributed by atoms with Crippen LogP contribution in [0.2, 0.25) is 0 Å². The molecule has 3 nitrogen and oxygen atoms in total. The van der Waals surface area contributed by atoms with E-state index in [1.54, 1.807) is 0 Å². The van der Waals surface area contributed by atoms with Crippen LogP contribution in [0.25, 0.3) is 0 Å². The van der Waals surface area contributed by atoms with Gasteiger partial charge in [0.15, 0.2) is 0 Å². The molecule has 66 valence electrons. The zero-order chi connectivity index (χ0) is 8.69. The Labute approximate surface area is 67.8 Å². The molecule has 3 heteroatoms. The summed E-state index contributed by atoms with van der Waals surface area (Å²) in [6.45, 7) is 4.29. The molecule has 0 heterocycles. The van der Waals surface area contributed by atoms with Crippen LogP contribution in [-0.4, -0.2) is 5.91 Å². The Hall–Kier alpha value is -0.570. The molecular weight excluding hydrogens is 142 g/mol. The van der Waals surface area contributed by atoms with Gasteiger partial charge in [0.1, 0.15) is 0 Å². The highest BCUT2D eigenvalue weighted by Crippen LogP contribution is 2.07. The summed E-state index contributed by atoms with van der Waals surface area (Å²) in [6.07, 6.45) is 3.36. The van der Waals surface area contributed by atoms with Crippen LogP contribution >= 0.6 is 0 Å². The first-order chi connectivity index (χ1) is 5.16. The largest absolute Gasteiger partial charge is 0.759 e. The number of unbranched alkanes of at least 4 members (excludes halogenated alkanes) is 1. The number of rotatable bonds is 5. The maximum atomic E-state index is 10.4. The molecule has 1 amide bonds. The van der Waals surface area contributed by atoms with E-state index in [2.05, 4.69) is 13.8 Å². The van der Waals surface area contributed by atoms with E-state index in [4.69, 9.17) is 0 Å². The third-order valence-electron chi connectivity index (χ3n) is 1.55. The van der Waals surface area contributed by atoms with Gasteiger partial charge in [-0.1, -0.05) is 26.7 Å². The van der Waals surface area contributed by atoms with Crippen LogP contribution in [0.15, 0.2) is 0 Å². The molecule has 0 rings (SSSR count). The van der Waals surface area contributed by atoms with E-state index in [1.807, 2.05) is 0 Å². The maximum Gasteiger partial charge on any atom is 0.209 e. The van der Waals surface area contributed by atoms with Crippen molar-refractivity contribution >= 4 is 5.91 Å². The highest BCUT2D eigenvalue weighted by Gasteiger charge is 1.96. The van der Waals surface area contributed by atoms with Crippen LogP contribution in [0, 0.1) is 11.1 Å². The number of amides is 1. The molecule has 11 heavy (non-hydrogen) atoms. The molecule has 0 aliphatic heterocycles. The van der Waals surface area contributed by atoms with Gasteiger partial charge in [0, 0.05) is 6.42 Å². The van der Waals surface area contributed by atoms with E-state index in [-0.39, 0.29) is 0 Å². The number of hydroxylamine groups is 1. The van der Waals surface area contributed by atoms with Crippen molar-refractivity contribution in [2.24, 2.45) is 5.92 Å². The number of carbonyl (C=O) groups is 1. The van der Waals surface area contributed by atoms with Gasteiger partial charge in [-0.15, -0.1) is 0 Å². The number of carbonyl (C=O) groups excluding carboxylic acids is 1. The molecule has 0 aromatic carbocycles. The molecule has 0 aromatic rings. The first-order valence-corrected chi connectivity index (χ1v) is 4.07. The summed E-state index contributed by atoms with van der Waals surface area (Å²) < 4.78 is 0. The fourth-order valence-corrected chi connectivity index (χ4v) is 0.889. The number of hydrogen-bond acceptors (Lipinski definition) is 2. The van der Waals surface area contributed by atoms with E-state index in [1.165, 1.54) is 5.48 Å². The molecule has 0 saturated heterocycles. The summed E-state index contributed by atoms with van der Waals surface area (Å²) in [7, 11) is 0. The molecule has 1 N–H and O–H groups in total. The molecule has 0 unspecified atom stereocenters. The normalized spacial score (nSPS) is 10.2. The minimum Gasteiger partial charge on any atom is -0.759 e. The predicted octanol–water partition coefficient (Wildman–Crippen LogP) is 1.82. The fraction of sp³-hybridized carbons (Fsp3) is 0.875. The Kier molecular flexibility index (Phi) is 5.84. The Morgan fingerprint density at radius 2 is 2.09 bits per heavy atom. The summed E-state index contributed by atoms with van der Waals surface area (Å²) in [5, 5.41) is 9.76. The van der Waals surface area contributed by atoms with Crippen LogP contribution < -0.4 is 5.48 Å². The summed E-state index contributed by atoms with van der Waals surface area (Å²) in [5.41, 5.74) is 1.36. The second-order valence-corrected chi connectivity index (χ2v) is 3.16. The van der Waals surface area contributed by atoms with E-state index in [0.29, 0.717) is 12.3 Å². The van der Waals surface area contributed by atoms with Gasteiger partial charge in [-0.25, -0.2) is 0 Å². The second kappa shape index (κ2) is 6.16. The van der Waals surface area contributed by atoms with Gasteiger partial charge in [-0.2, -0.15) is 0 Å². The summed E-state index contributed by atoms with van der Waals surface area (Å²) >= 11 is 0. The van der Waals surface area contributed by atoms with E-state index in [0.717, 1.165) is 19.3 Å². The lowest BCUT2D eigenvalue weighted by Gasteiger charge is -2.07. The molecular formula is C8H16NO2-. The average molecular weight is 158 g/mol. The van der Waals surface area contributed by atoms with E-state index in [9.17, 15) is 10.0 Å². The third-order valence-corrected chi connectivity index (χ3v) is 1.55. The lowest BCUT2D eigenvalue weighted by molar-refractivity contribution is -0.120. The topological polar surface area (TPSA) is 52.2 Å². The molecule has 0 spiro atoms. The smallest absolute Gasteiger partial charge is 0.209 e. The Morgan fingerprint density at radius 1 is 1.45 bits per heavy atom. The lowest BCUT2D eigenvalue weighted by atomic mass is 10.1. The molecule has 0 aromatic heterocycles. The van der Waals surface area contributed by atoms with E-state index >= 15 is 0 Å². The van der Waals surface area contributed by atoms with E-state index < -0.39 is 5.91 Å². The Bertz CT molecular complexity index is 113. The predicted molar refractivity (Wildman–Crippen MR) is 44.8 cm³/mol. The number of hydrogen-bond donors (Lipinski definition) is 1. The molecule has 0 atom stereocenters. The SMILES string of the molecule is CC(C)CCCCC(=O)N[O-]. The van der Waals surface area contributed by atoms with Crippen molar-refractivity contribution in [1.29, 1.82) is 0 Å². The van der Waals surface area contributed by atoms with Gasteiger partial charge in [-0.05, 0) is 12.3 Å². The highest BCUT2D eigenvalue weighted by molar-refractivity contribution is 5.76. The van der Waals surface area contributed by atoms with Crippen molar-refractivity contribution in [3.8, 4) is 0 Å². The minimum absolute atomic E-state index is 0.371. The lowest BCUT2D eigenvalue weighted by Crippen LogP contribution is -2.14. The first-order valence-electron chi connectivity index (χ1n) is 4.07. The van der Waals surface area contributed by atoms with Crippen LogP contribution in [0.1, 0.15) is 39.5 Å². The summed E-state index contributed by atoms with van der Waals surface area (Å²) in [6, 6.07) is 0. The second-order valence-electron chi connectivity index (χ2n) is 3.16. The van der Waals surface area contributed by atoms with Gasteiger partial charge in [0.25, 0.3) is 0 Å². The zero-order valence-electron chi connectivity index (χ0n) is 7.22. The van der Waals surface area contributed by atoms with Crippen molar-refractivity contribution in [3.63, 3.8) is 0 Å². The molecule has 0 aliphatic carbocycles. The average Bonchev–Trinajstić information content (AvgIpc) is 1.97. The minimum atomic E-state index is -0.395. The molecule has 0 saturated carbocycles. The van der Waals surface area contributed by atoms with Crippen LogP contribution in [0.5, 0.6) is 0 Å². The standard InChI is InChI=1S/C8H16NO2/c1-7(2)5-3-4-6-8(10)9-11/h7H,3-6H2,1-2H3,(H-,9,10,11)/q-1. The van der Waals surface area contributed by atoms with Crippen LogP contribution in [0.3, 0.4) is 0 Å². The van der Waals surface area contributed by atoms with Crippen molar-refractivity contribution < 1.29 is 4.79 Å². The summed E-state index contributed by atoms with van der Waals surface area (Å²) in [5.74, 6) is 0.291. The first kappa shape index (κ1) is 10.4. The van der Waals surface area contributed by atoms with Crippen molar-refractivity contribution in [1.82, 2.24) is 5.48 Å². The van der Waals surface area contributed by atoms with Gasteiger partial charge >= 0.3 is 0 Å². The monoisotopic (exact) mass is 158 g/mol. The maximum absolute atomic E-state index is 10.4.